The lowest BCUT2D eigenvalue weighted by Gasteiger charge is -2.34. The molecule has 0 aliphatic carbocycles. The molecule has 0 saturated carbocycles. The molecule has 144 valence electrons. The summed E-state index contributed by atoms with van der Waals surface area (Å²) < 4.78 is 13.5. The Balaban J connectivity index is 1.44. The normalized spacial score (nSPS) is 15.0. The molecule has 2 aromatic carbocycles. The molecule has 0 unspecified atom stereocenters. The Bertz CT molecular complexity index is 1030. The molecule has 4 nitrogen and oxygen atoms in total. The van der Waals surface area contributed by atoms with Crippen molar-refractivity contribution in [1.82, 2.24) is 10.3 Å². The zero-order valence-corrected chi connectivity index (χ0v) is 16.3. The molecule has 28 heavy (non-hydrogen) atoms. The van der Waals surface area contributed by atoms with E-state index in [9.17, 15) is 9.18 Å². The summed E-state index contributed by atoms with van der Waals surface area (Å²) in [5.74, 6) is -0.363. The van der Waals surface area contributed by atoms with E-state index in [-0.39, 0.29) is 17.8 Å². The average molecular weight is 398 g/mol. The van der Waals surface area contributed by atoms with Crippen molar-refractivity contribution in [2.75, 3.05) is 18.0 Å². The monoisotopic (exact) mass is 397 g/mol. The maximum atomic E-state index is 13.5. The average Bonchev–Trinajstić information content (AvgIpc) is 2.70. The molecule has 0 spiro atoms. The molecule has 0 radical (unpaired) electrons. The molecule has 1 fully saturated rings. The molecule has 0 atom stereocenters. The van der Waals surface area contributed by atoms with Gasteiger partial charge in [-0.1, -0.05) is 17.7 Å². The van der Waals surface area contributed by atoms with Gasteiger partial charge in [-0.25, -0.2) is 4.39 Å². The van der Waals surface area contributed by atoms with Crippen molar-refractivity contribution in [3.05, 3.63) is 70.6 Å². The smallest absolute Gasteiger partial charge is 0.251 e. The van der Waals surface area contributed by atoms with Crippen molar-refractivity contribution in [2.45, 2.75) is 25.8 Å². The Labute approximate surface area is 168 Å². The van der Waals surface area contributed by atoms with E-state index in [1.807, 2.05) is 13.0 Å². The quantitative estimate of drug-likeness (QED) is 0.694. The molecule has 1 aliphatic heterocycles. The van der Waals surface area contributed by atoms with Gasteiger partial charge in [0.15, 0.2) is 0 Å². The Kier molecular flexibility index (Phi) is 5.18. The molecule has 1 amide bonds. The number of nitrogens with one attached hydrogen (secondary N) is 1. The topological polar surface area (TPSA) is 45.2 Å². The first-order valence-corrected chi connectivity index (χ1v) is 9.76. The lowest BCUT2D eigenvalue weighted by atomic mass is 10.0. The van der Waals surface area contributed by atoms with Crippen LogP contribution in [0.15, 0.2) is 48.7 Å². The zero-order chi connectivity index (χ0) is 19.7. The summed E-state index contributed by atoms with van der Waals surface area (Å²) in [6.45, 7) is 3.49. The van der Waals surface area contributed by atoms with Crippen LogP contribution >= 0.6 is 11.6 Å². The maximum absolute atomic E-state index is 13.5. The second-order valence-electron chi connectivity index (χ2n) is 7.14. The molecule has 6 heteroatoms. The standard InChI is InChI=1S/C22H21ClFN3O/c1-14-17(3-2-4-19(14)23)22(28)26-16-8-11-27(12-9-16)21-7-10-25-20-13-15(24)5-6-18(20)21/h2-7,10,13,16H,8-9,11-12H2,1H3,(H,26,28). The summed E-state index contributed by atoms with van der Waals surface area (Å²) in [5, 5.41) is 4.68. The molecule has 1 aromatic heterocycles. The van der Waals surface area contributed by atoms with E-state index >= 15 is 0 Å². The SMILES string of the molecule is Cc1c(Cl)cccc1C(=O)NC1CCN(c2ccnc3cc(F)ccc23)CC1. The van der Waals surface area contributed by atoms with Gasteiger partial charge in [-0.2, -0.15) is 0 Å². The van der Waals surface area contributed by atoms with Gasteiger partial charge in [-0.3, -0.25) is 9.78 Å². The summed E-state index contributed by atoms with van der Waals surface area (Å²) in [7, 11) is 0. The Morgan fingerprint density at radius 3 is 2.79 bits per heavy atom. The first kappa shape index (κ1) is 18.7. The second kappa shape index (κ2) is 7.76. The Morgan fingerprint density at radius 2 is 2.00 bits per heavy atom. The van der Waals surface area contributed by atoms with Crippen LogP contribution in [0, 0.1) is 12.7 Å². The number of hydrogen-bond acceptors (Lipinski definition) is 3. The van der Waals surface area contributed by atoms with E-state index in [0.717, 1.165) is 42.6 Å². The highest BCUT2D eigenvalue weighted by Gasteiger charge is 2.23. The molecule has 1 aliphatic rings. The van der Waals surface area contributed by atoms with Crippen LogP contribution in [0.3, 0.4) is 0 Å². The minimum absolute atomic E-state index is 0.0803. The molecule has 2 heterocycles. The number of nitrogens with zero attached hydrogens (tertiary/aromatic N) is 2. The third-order valence-corrected chi connectivity index (χ3v) is 5.77. The lowest BCUT2D eigenvalue weighted by molar-refractivity contribution is 0.0930. The molecule has 1 saturated heterocycles. The summed E-state index contributed by atoms with van der Waals surface area (Å²) in [6.07, 6.45) is 3.40. The number of halogens is 2. The van der Waals surface area contributed by atoms with E-state index in [2.05, 4.69) is 15.2 Å². The Morgan fingerprint density at radius 1 is 1.21 bits per heavy atom. The molecule has 0 bridgehead atoms. The summed E-state index contributed by atoms with van der Waals surface area (Å²) >= 11 is 6.13. The van der Waals surface area contributed by atoms with Gasteiger partial charge >= 0.3 is 0 Å². The van der Waals surface area contributed by atoms with Crippen molar-refractivity contribution >= 4 is 34.1 Å². The predicted octanol–water partition coefficient (Wildman–Crippen LogP) is 4.73. The highest BCUT2D eigenvalue weighted by atomic mass is 35.5. The van der Waals surface area contributed by atoms with Gasteiger partial charge in [0.25, 0.3) is 5.91 Å². The number of anilines is 1. The molecule has 4 rings (SSSR count). The van der Waals surface area contributed by atoms with E-state index < -0.39 is 0 Å². The highest BCUT2D eigenvalue weighted by Crippen LogP contribution is 2.28. The van der Waals surface area contributed by atoms with Crippen LogP contribution in [-0.4, -0.2) is 30.0 Å². The van der Waals surface area contributed by atoms with E-state index in [0.29, 0.717) is 16.1 Å². The third kappa shape index (κ3) is 3.67. The van der Waals surface area contributed by atoms with E-state index in [1.54, 1.807) is 30.5 Å². The van der Waals surface area contributed by atoms with Crippen molar-refractivity contribution in [2.24, 2.45) is 0 Å². The number of piperidine rings is 1. The predicted molar refractivity (Wildman–Crippen MR) is 111 cm³/mol. The number of carbonyl (C=O) groups is 1. The van der Waals surface area contributed by atoms with Gasteiger partial charge in [0, 0.05) is 53.1 Å². The Hall–Kier alpha value is -2.66. The van der Waals surface area contributed by atoms with Gasteiger partial charge in [0.1, 0.15) is 5.82 Å². The number of fused-ring (bicyclic) bond motifs is 1. The first-order valence-electron chi connectivity index (χ1n) is 9.38. The van der Waals surface area contributed by atoms with Crippen LogP contribution in [0.25, 0.3) is 10.9 Å². The van der Waals surface area contributed by atoms with Crippen molar-refractivity contribution in [3.63, 3.8) is 0 Å². The summed E-state index contributed by atoms with van der Waals surface area (Å²) in [6, 6.07) is 12.2. The van der Waals surface area contributed by atoms with Gasteiger partial charge in [0.2, 0.25) is 0 Å². The fourth-order valence-electron chi connectivity index (χ4n) is 3.76. The largest absolute Gasteiger partial charge is 0.371 e. The molecular formula is C22H21ClFN3O. The van der Waals surface area contributed by atoms with Crippen molar-refractivity contribution < 1.29 is 9.18 Å². The zero-order valence-electron chi connectivity index (χ0n) is 15.6. The van der Waals surface area contributed by atoms with Crippen LogP contribution in [0.1, 0.15) is 28.8 Å². The van der Waals surface area contributed by atoms with Crippen LogP contribution in [0.4, 0.5) is 10.1 Å². The number of aromatic nitrogens is 1. The minimum atomic E-state index is -0.283. The number of hydrogen-bond donors (Lipinski definition) is 1. The number of pyridine rings is 1. The second-order valence-corrected chi connectivity index (χ2v) is 7.55. The van der Waals surface area contributed by atoms with Crippen LogP contribution in [-0.2, 0) is 0 Å². The van der Waals surface area contributed by atoms with Crippen LogP contribution in [0.5, 0.6) is 0 Å². The highest BCUT2D eigenvalue weighted by molar-refractivity contribution is 6.31. The van der Waals surface area contributed by atoms with Crippen molar-refractivity contribution in [1.29, 1.82) is 0 Å². The van der Waals surface area contributed by atoms with E-state index in [1.165, 1.54) is 12.1 Å². The van der Waals surface area contributed by atoms with E-state index in [4.69, 9.17) is 11.6 Å². The number of benzene rings is 2. The number of rotatable bonds is 3. The van der Waals surface area contributed by atoms with Crippen molar-refractivity contribution in [3.8, 4) is 0 Å². The van der Waals surface area contributed by atoms with Crippen LogP contribution < -0.4 is 10.2 Å². The maximum Gasteiger partial charge on any atom is 0.251 e. The summed E-state index contributed by atoms with van der Waals surface area (Å²) in [5.41, 5.74) is 3.14. The molecule has 1 N–H and O–H groups in total. The van der Waals surface area contributed by atoms with Gasteiger partial charge < -0.3 is 10.2 Å². The first-order chi connectivity index (χ1) is 13.5. The lowest BCUT2D eigenvalue weighted by Crippen LogP contribution is -2.45. The van der Waals surface area contributed by atoms with Gasteiger partial charge in [-0.15, -0.1) is 0 Å². The van der Waals surface area contributed by atoms with Gasteiger partial charge in [0.05, 0.1) is 5.52 Å². The number of amides is 1. The molecule has 3 aromatic rings. The van der Waals surface area contributed by atoms with Crippen LogP contribution in [0.2, 0.25) is 5.02 Å². The summed E-state index contributed by atoms with van der Waals surface area (Å²) in [4.78, 5) is 19.2. The number of carbonyl (C=O) groups excluding carboxylic acids is 1. The fraction of sp³-hybridized carbons (Fsp3) is 0.273. The third-order valence-electron chi connectivity index (χ3n) is 5.36. The van der Waals surface area contributed by atoms with Gasteiger partial charge in [-0.05, 0) is 55.7 Å². The molecular weight excluding hydrogens is 377 g/mol. The fourth-order valence-corrected chi connectivity index (χ4v) is 3.94. The minimum Gasteiger partial charge on any atom is -0.371 e.